The Kier molecular flexibility index (Phi) is 8.35. The van der Waals surface area contributed by atoms with E-state index in [1.807, 2.05) is 24.3 Å². The summed E-state index contributed by atoms with van der Waals surface area (Å²) in [5, 5.41) is 13.3. The van der Waals surface area contributed by atoms with Gasteiger partial charge in [-0.2, -0.15) is 0 Å². The van der Waals surface area contributed by atoms with Gasteiger partial charge in [0.2, 0.25) is 5.91 Å². The van der Waals surface area contributed by atoms with Gasteiger partial charge in [0.05, 0.1) is 17.4 Å². The lowest BCUT2D eigenvalue weighted by Crippen LogP contribution is -2.39. The Hall–Kier alpha value is -2.85. The molecule has 0 bridgehead atoms. The molecule has 2 aromatic rings. The van der Waals surface area contributed by atoms with E-state index < -0.39 is 51.9 Å². The number of carbonyl (C=O) groups is 3. The number of carboxylic acids is 1. The number of carbonyl (C=O) groups excluding carboxylic acids is 2. The number of halogens is 3. The van der Waals surface area contributed by atoms with Crippen LogP contribution >= 0.6 is 23.4 Å². The van der Waals surface area contributed by atoms with Crippen LogP contribution in [0.5, 0.6) is 5.75 Å². The number of alkyl halides is 1. The predicted octanol–water partition coefficient (Wildman–Crippen LogP) is 4.29. The van der Waals surface area contributed by atoms with Crippen LogP contribution in [0.15, 0.2) is 41.3 Å². The highest BCUT2D eigenvalue weighted by Gasteiger charge is 2.36. The first-order valence-electron chi connectivity index (χ1n) is 11.6. The first kappa shape index (κ1) is 26.2. The topological polar surface area (TPSA) is 105 Å². The van der Waals surface area contributed by atoms with E-state index in [0.717, 1.165) is 22.6 Å². The molecule has 0 radical (unpaired) electrons. The van der Waals surface area contributed by atoms with Crippen LogP contribution in [-0.2, 0) is 9.59 Å². The number of rotatable bonds is 8. The highest BCUT2D eigenvalue weighted by Crippen LogP contribution is 2.47. The smallest absolute Gasteiger partial charge is 0.306 e. The highest BCUT2D eigenvalue weighted by atomic mass is 35.5. The molecule has 2 aliphatic rings. The average Bonchev–Trinajstić information content (AvgIpc) is 3.20. The van der Waals surface area contributed by atoms with Crippen molar-refractivity contribution >= 4 is 41.1 Å². The van der Waals surface area contributed by atoms with E-state index in [-0.39, 0.29) is 24.6 Å². The predicted molar refractivity (Wildman–Crippen MR) is 130 cm³/mol. The minimum atomic E-state index is -1.01. The molecular weight excluding hydrogens is 514 g/mol. The van der Waals surface area contributed by atoms with Crippen molar-refractivity contribution in [3.8, 4) is 5.75 Å². The van der Waals surface area contributed by atoms with Gasteiger partial charge < -0.3 is 20.5 Å². The SMILES string of the molecule is O=C(NCCNC(=O)C1Sc2ccccc2C1Cl)c1cc(F)c(O[C@H]2CC[C@@H](C(=O)O)CC2)c(F)c1. The number of nitrogens with one attached hydrogen (secondary N) is 2. The zero-order valence-corrected chi connectivity index (χ0v) is 20.7. The first-order valence-corrected chi connectivity index (χ1v) is 12.9. The summed E-state index contributed by atoms with van der Waals surface area (Å²) in [6.45, 7) is 0.170. The van der Waals surface area contributed by atoms with Crippen LogP contribution in [0, 0.1) is 17.6 Å². The summed E-state index contributed by atoms with van der Waals surface area (Å²) >= 11 is 7.79. The van der Waals surface area contributed by atoms with Gasteiger partial charge in [-0.1, -0.05) is 18.2 Å². The second-order valence-corrected chi connectivity index (χ2v) is 10.4. The molecule has 0 aromatic heterocycles. The molecule has 1 fully saturated rings. The number of fused-ring (bicyclic) bond motifs is 1. The van der Waals surface area contributed by atoms with Crippen LogP contribution in [0.3, 0.4) is 0 Å². The molecule has 2 amide bonds. The summed E-state index contributed by atoms with van der Waals surface area (Å²) in [5.41, 5.74) is 0.683. The molecule has 3 N–H and O–H groups in total. The molecule has 1 saturated carbocycles. The Morgan fingerprint density at radius 2 is 1.67 bits per heavy atom. The summed E-state index contributed by atoms with van der Waals surface area (Å²) in [4.78, 5) is 36.9. The Morgan fingerprint density at radius 1 is 1.03 bits per heavy atom. The van der Waals surface area contributed by atoms with Gasteiger partial charge in [0, 0.05) is 23.5 Å². The summed E-state index contributed by atoms with van der Waals surface area (Å²) in [5.74, 6) is -4.93. The van der Waals surface area contributed by atoms with E-state index in [0.29, 0.717) is 25.7 Å². The third kappa shape index (κ3) is 5.92. The van der Waals surface area contributed by atoms with Crippen LogP contribution in [0.2, 0.25) is 0 Å². The molecule has 0 spiro atoms. The molecule has 1 aliphatic carbocycles. The Labute approximate surface area is 215 Å². The van der Waals surface area contributed by atoms with Gasteiger partial charge in [0.25, 0.3) is 5.91 Å². The fourth-order valence-corrected chi connectivity index (χ4v) is 6.07. The molecule has 11 heteroatoms. The largest absolute Gasteiger partial charge is 0.484 e. The minimum absolute atomic E-state index is 0.0518. The van der Waals surface area contributed by atoms with Gasteiger partial charge >= 0.3 is 5.97 Å². The van der Waals surface area contributed by atoms with Crippen molar-refractivity contribution < 1.29 is 33.0 Å². The van der Waals surface area contributed by atoms with Crippen LogP contribution < -0.4 is 15.4 Å². The number of amides is 2. The highest BCUT2D eigenvalue weighted by molar-refractivity contribution is 8.01. The lowest BCUT2D eigenvalue weighted by molar-refractivity contribution is -0.143. The summed E-state index contributed by atoms with van der Waals surface area (Å²) in [6.07, 6.45) is 1.00. The lowest BCUT2D eigenvalue weighted by Gasteiger charge is -2.27. The van der Waals surface area contributed by atoms with Gasteiger partial charge in [-0.15, -0.1) is 23.4 Å². The molecule has 1 aliphatic heterocycles. The van der Waals surface area contributed by atoms with Gasteiger partial charge in [0.15, 0.2) is 17.4 Å². The van der Waals surface area contributed by atoms with E-state index in [2.05, 4.69) is 10.6 Å². The maximum Gasteiger partial charge on any atom is 0.306 e. The molecule has 0 saturated heterocycles. The third-order valence-electron chi connectivity index (χ3n) is 6.27. The molecule has 2 aromatic carbocycles. The average molecular weight is 539 g/mol. The third-order valence-corrected chi connectivity index (χ3v) is 8.27. The van der Waals surface area contributed by atoms with E-state index >= 15 is 0 Å². The van der Waals surface area contributed by atoms with Gasteiger partial charge in [0.1, 0.15) is 5.25 Å². The van der Waals surface area contributed by atoms with Crippen molar-refractivity contribution in [2.24, 2.45) is 5.92 Å². The number of hydrogen-bond acceptors (Lipinski definition) is 5. The Balaban J connectivity index is 1.24. The van der Waals surface area contributed by atoms with Gasteiger partial charge in [-0.25, -0.2) is 8.78 Å². The Bertz CT molecular complexity index is 1140. The standard InChI is InChI=1S/C25H25ClF2N2O5S/c26-20-16-3-1-2-4-19(16)36-22(20)24(32)30-10-9-29-23(31)14-11-17(27)21(18(28)12-14)35-15-7-5-13(6-8-15)25(33)34/h1-4,11-13,15,20,22H,5-10H2,(H,29,31)(H,30,32)(H,33,34)/t13-,15+,20?,22?. The zero-order chi connectivity index (χ0) is 25.8. The molecule has 36 heavy (non-hydrogen) atoms. The fourth-order valence-electron chi connectivity index (χ4n) is 4.32. The van der Waals surface area contributed by atoms with Crippen molar-refractivity contribution in [2.75, 3.05) is 13.1 Å². The molecule has 1 heterocycles. The van der Waals surface area contributed by atoms with Crippen LogP contribution in [0.4, 0.5) is 8.78 Å². The summed E-state index contributed by atoms with van der Waals surface area (Å²) in [6, 6.07) is 9.30. The van der Waals surface area contributed by atoms with Crippen LogP contribution in [0.1, 0.15) is 47.0 Å². The molecular formula is C25H25ClF2N2O5S. The van der Waals surface area contributed by atoms with E-state index in [9.17, 15) is 23.2 Å². The van der Waals surface area contributed by atoms with Crippen molar-refractivity contribution in [1.29, 1.82) is 0 Å². The number of ether oxygens (including phenoxy) is 1. The van der Waals surface area contributed by atoms with E-state index in [4.69, 9.17) is 21.4 Å². The monoisotopic (exact) mass is 538 g/mol. The zero-order valence-electron chi connectivity index (χ0n) is 19.1. The molecule has 7 nitrogen and oxygen atoms in total. The molecule has 2 unspecified atom stereocenters. The van der Waals surface area contributed by atoms with Crippen LogP contribution in [-0.4, -0.2) is 47.3 Å². The summed E-state index contributed by atoms with van der Waals surface area (Å²) in [7, 11) is 0. The summed E-state index contributed by atoms with van der Waals surface area (Å²) < 4.78 is 34.5. The van der Waals surface area contributed by atoms with Crippen LogP contribution in [0.25, 0.3) is 0 Å². The second kappa shape index (κ2) is 11.5. The molecule has 4 rings (SSSR count). The van der Waals surface area contributed by atoms with E-state index in [1.165, 1.54) is 11.8 Å². The Morgan fingerprint density at radius 3 is 2.31 bits per heavy atom. The maximum absolute atomic E-state index is 14.5. The fraction of sp³-hybridized carbons (Fsp3) is 0.400. The number of carboxylic acid groups (broad SMARTS) is 1. The van der Waals surface area contributed by atoms with Crippen molar-refractivity contribution in [2.45, 2.75) is 47.3 Å². The normalized spacial score (nSPS) is 23.0. The van der Waals surface area contributed by atoms with Crippen molar-refractivity contribution in [3.05, 3.63) is 59.2 Å². The second-order valence-electron chi connectivity index (χ2n) is 8.72. The van der Waals surface area contributed by atoms with Gasteiger partial charge in [-0.3, -0.25) is 14.4 Å². The van der Waals surface area contributed by atoms with E-state index in [1.54, 1.807) is 0 Å². The molecule has 192 valence electrons. The quantitative estimate of drug-likeness (QED) is 0.342. The minimum Gasteiger partial charge on any atom is -0.484 e. The maximum atomic E-state index is 14.5. The number of hydrogen-bond donors (Lipinski definition) is 3. The lowest BCUT2D eigenvalue weighted by atomic mass is 9.87. The first-order chi connectivity index (χ1) is 17.2. The number of benzene rings is 2. The van der Waals surface area contributed by atoms with Crippen molar-refractivity contribution in [1.82, 2.24) is 10.6 Å². The molecule has 2 atom stereocenters. The van der Waals surface area contributed by atoms with Gasteiger partial charge in [-0.05, 0) is 49.4 Å². The number of aliphatic carboxylic acids is 1. The number of thioether (sulfide) groups is 1. The van der Waals surface area contributed by atoms with Crippen molar-refractivity contribution in [3.63, 3.8) is 0 Å².